The number of aryl methyl sites for hydroxylation is 2. The second kappa shape index (κ2) is 8.82. The predicted octanol–water partition coefficient (Wildman–Crippen LogP) is 5.89. The van der Waals surface area contributed by atoms with Gasteiger partial charge in [-0.05, 0) is 75.2 Å². The van der Waals surface area contributed by atoms with Crippen LogP contribution in [0, 0.1) is 0 Å². The lowest BCUT2D eigenvalue weighted by Crippen LogP contribution is -2.22. The minimum Gasteiger partial charge on any atom is -0.323 e. The van der Waals surface area contributed by atoms with Gasteiger partial charge >= 0.3 is 0 Å². The molecule has 29 heavy (non-hydrogen) atoms. The van der Waals surface area contributed by atoms with E-state index in [-0.39, 0.29) is 17.2 Å². The highest BCUT2D eigenvalue weighted by Crippen LogP contribution is 2.36. The summed E-state index contributed by atoms with van der Waals surface area (Å²) in [6, 6.07) is 3.73. The van der Waals surface area contributed by atoms with Gasteiger partial charge in [0.2, 0.25) is 5.91 Å². The van der Waals surface area contributed by atoms with Gasteiger partial charge in [-0.2, -0.15) is 0 Å². The number of nitrogens with one attached hydrogen (secondary N) is 1. The summed E-state index contributed by atoms with van der Waals surface area (Å²) >= 11 is 13.2. The van der Waals surface area contributed by atoms with Crippen LogP contribution in [0.2, 0.25) is 0 Å². The van der Waals surface area contributed by atoms with Crippen molar-refractivity contribution < 1.29 is 4.79 Å². The number of amides is 1. The Balaban J connectivity index is 1.55. The van der Waals surface area contributed by atoms with E-state index in [1.165, 1.54) is 28.6 Å². The molecule has 0 radical (unpaired) electrons. The molecule has 1 aliphatic rings. The van der Waals surface area contributed by atoms with Gasteiger partial charge in [-0.25, -0.2) is 4.98 Å². The number of hydrogen-bond acceptors (Lipinski definition) is 5. The molecule has 0 spiro atoms. The van der Waals surface area contributed by atoms with Crippen molar-refractivity contribution in [1.29, 1.82) is 0 Å². The van der Waals surface area contributed by atoms with E-state index in [2.05, 4.69) is 53.1 Å². The van der Waals surface area contributed by atoms with Gasteiger partial charge in [0.05, 0.1) is 16.8 Å². The number of carbonyl (C=O) groups is 1. The fourth-order valence-electron chi connectivity index (χ4n) is 3.36. The number of thiophene rings is 1. The van der Waals surface area contributed by atoms with Gasteiger partial charge in [0.1, 0.15) is 4.83 Å². The van der Waals surface area contributed by atoms with Crippen LogP contribution in [-0.4, -0.2) is 21.2 Å². The molecule has 1 aliphatic carbocycles. The molecule has 0 unspecified atom stereocenters. The number of rotatable bonds is 4. The molecule has 0 bridgehead atoms. The third-order valence-corrected chi connectivity index (χ3v) is 8.68. The highest BCUT2D eigenvalue weighted by Gasteiger charge is 2.21. The lowest BCUT2D eigenvalue weighted by Gasteiger charge is -2.12. The Morgan fingerprint density at radius 2 is 1.93 bits per heavy atom. The molecule has 3 aromatic rings. The molecule has 1 N–H and O–H groups in total. The molecular weight excluding hydrogens is 606 g/mol. The molecule has 0 fully saturated rings. The van der Waals surface area contributed by atoms with E-state index in [0.717, 1.165) is 42.9 Å². The number of nitrogens with zero attached hydrogens (tertiary/aromatic N) is 2. The van der Waals surface area contributed by atoms with Crippen molar-refractivity contribution in [2.24, 2.45) is 7.05 Å². The monoisotopic (exact) mass is 619 g/mol. The van der Waals surface area contributed by atoms with Crippen LogP contribution in [-0.2, 0) is 24.7 Å². The molecule has 0 saturated heterocycles. The largest absolute Gasteiger partial charge is 0.323 e. The number of fused-ring (bicyclic) bond motifs is 3. The molecule has 0 atom stereocenters. The first-order chi connectivity index (χ1) is 13.8. The number of aromatic nitrogens is 2. The molecule has 2 heterocycles. The lowest BCUT2D eigenvalue weighted by atomic mass is 9.97. The van der Waals surface area contributed by atoms with Gasteiger partial charge in [-0.1, -0.05) is 27.7 Å². The standard InChI is InChI=1S/C19H16Br3N3O2S2/c1-25-18(27)15-10-4-2-3-5-13(10)29-17(15)24-19(25)28-8-14(26)23-16-11(21)6-9(20)7-12(16)22/h6-7H,2-5,8H2,1H3,(H,23,26). The van der Waals surface area contributed by atoms with Crippen molar-refractivity contribution in [3.05, 3.63) is 46.3 Å². The maximum Gasteiger partial charge on any atom is 0.262 e. The van der Waals surface area contributed by atoms with Crippen LogP contribution in [0.15, 0.2) is 35.5 Å². The van der Waals surface area contributed by atoms with E-state index < -0.39 is 0 Å². The summed E-state index contributed by atoms with van der Waals surface area (Å²) in [6.45, 7) is 0. The SMILES string of the molecule is Cn1c(SCC(=O)Nc2c(Br)cc(Br)cc2Br)nc2sc3c(c2c1=O)CCCC3. The minimum atomic E-state index is -0.168. The molecule has 0 saturated carbocycles. The van der Waals surface area contributed by atoms with Crippen molar-refractivity contribution in [3.8, 4) is 0 Å². The topological polar surface area (TPSA) is 64.0 Å². The normalized spacial score (nSPS) is 13.5. The molecule has 5 nitrogen and oxygen atoms in total. The van der Waals surface area contributed by atoms with Crippen molar-refractivity contribution >= 4 is 92.7 Å². The zero-order valence-corrected chi connectivity index (χ0v) is 21.7. The van der Waals surface area contributed by atoms with Crippen molar-refractivity contribution in [2.45, 2.75) is 30.8 Å². The number of thioether (sulfide) groups is 1. The summed E-state index contributed by atoms with van der Waals surface area (Å²) in [5.74, 6) is -0.00946. The summed E-state index contributed by atoms with van der Waals surface area (Å²) in [6.07, 6.45) is 4.28. The molecule has 4 rings (SSSR count). The number of benzene rings is 1. The highest BCUT2D eigenvalue weighted by atomic mass is 79.9. The molecule has 2 aromatic heterocycles. The first-order valence-electron chi connectivity index (χ1n) is 8.93. The van der Waals surface area contributed by atoms with E-state index in [1.807, 2.05) is 12.1 Å². The average Bonchev–Trinajstić information content (AvgIpc) is 3.04. The summed E-state index contributed by atoms with van der Waals surface area (Å²) in [4.78, 5) is 32.2. The number of halogens is 3. The quantitative estimate of drug-likeness (QED) is 0.291. The van der Waals surface area contributed by atoms with Crippen LogP contribution in [0.4, 0.5) is 5.69 Å². The number of carbonyl (C=O) groups excluding carboxylic acids is 1. The smallest absolute Gasteiger partial charge is 0.262 e. The minimum absolute atomic E-state index is 0.0179. The third-order valence-electron chi connectivity index (χ3n) is 4.76. The molecular formula is C19H16Br3N3O2S2. The molecule has 152 valence electrons. The molecule has 10 heteroatoms. The lowest BCUT2D eigenvalue weighted by molar-refractivity contribution is -0.113. The first-order valence-corrected chi connectivity index (χ1v) is 13.1. The van der Waals surface area contributed by atoms with Crippen LogP contribution >= 0.6 is 70.9 Å². The van der Waals surface area contributed by atoms with E-state index in [0.29, 0.717) is 10.8 Å². The van der Waals surface area contributed by atoms with Gasteiger partial charge in [0, 0.05) is 25.3 Å². The van der Waals surface area contributed by atoms with Gasteiger partial charge in [0.25, 0.3) is 5.56 Å². The van der Waals surface area contributed by atoms with Crippen molar-refractivity contribution in [3.63, 3.8) is 0 Å². The van der Waals surface area contributed by atoms with Crippen LogP contribution in [0.5, 0.6) is 0 Å². The maximum atomic E-state index is 12.9. The fraction of sp³-hybridized carbons (Fsp3) is 0.316. The van der Waals surface area contributed by atoms with E-state index in [9.17, 15) is 9.59 Å². The van der Waals surface area contributed by atoms with Crippen molar-refractivity contribution in [1.82, 2.24) is 9.55 Å². The fourth-order valence-corrected chi connectivity index (χ4v) is 7.89. The maximum absolute atomic E-state index is 12.9. The van der Waals surface area contributed by atoms with Crippen LogP contribution < -0.4 is 10.9 Å². The summed E-state index contributed by atoms with van der Waals surface area (Å²) < 4.78 is 4.00. The van der Waals surface area contributed by atoms with E-state index in [1.54, 1.807) is 23.0 Å². The molecule has 0 aliphatic heterocycles. The van der Waals surface area contributed by atoms with Crippen LogP contribution in [0.1, 0.15) is 23.3 Å². The predicted molar refractivity (Wildman–Crippen MR) is 130 cm³/mol. The second-order valence-electron chi connectivity index (χ2n) is 6.73. The highest BCUT2D eigenvalue weighted by molar-refractivity contribution is 9.11. The second-order valence-corrected chi connectivity index (χ2v) is 11.4. The Labute approximate surface area is 201 Å². The Morgan fingerprint density at radius 1 is 1.24 bits per heavy atom. The Morgan fingerprint density at radius 3 is 2.66 bits per heavy atom. The Hall–Kier alpha value is -0.680. The first kappa shape index (κ1) is 21.5. The molecule has 1 amide bonds. The van der Waals surface area contributed by atoms with Crippen molar-refractivity contribution in [2.75, 3.05) is 11.1 Å². The summed E-state index contributed by atoms with van der Waals surface area (Å²) in [5, 5.41) is 4.23. The van der Waals surface area contributed by atoms with Crippen LogP contribution in [0.25, 0.3) is 10.2 Å². The zero-order valence-electron chi connectivity index (χ0n) is 15.4. The van der Waals surface area contributed by atoms with E-state index >= 15 is 0 Å². The Bertz CT molecular complexity index is 1170. The summed E-state index contributed by atoms with van der Waals surface area (Å²) in [7, 11) is 1.73. The van der Waals surface area contributed by atoms with Crippen LogP contribution in [0.3, 0.4) is 0 Å². The summed E-state index contributed by atoms with van der Waals surface area (Å²) in [5.41, 5.74) is 1.83. The van der Waals surface area contributed by atoms with Gasteiger partial charge in [-0.15, -0.1) is 11.3 Å². The zero-order chi connectivity index (χ0) is 20.7. The van der Waals surface area contributed by atoms with Gasteiger partial charge < -0.3 is 5.32 Å². The van der Waals surface area contributed by atoms with Gasteiger partial charge in [-0.3, -0.25) is 14.2 Å². The number of anilines is 1. The number of hydrogen-bond donors (Lipinski definition) is 1. The van der Waals surface area contributed by atoms with Gasteiger partial charge in [0.15, 0.2) is 5.16 Å². The Kier molecular flexibility index (Phi) is 6.55. The molecule has 1 aromatic carbocycles. The third kappa shape index (κ3) is 4.37. The van der Waals surface area contributed by atoms with E-state index in [4.69, 9.17) is 4.98 Å². The average molecular weight is 622 g/mol.